The standard InChI is InChI=1S/C21H28N4O5S2/c1-23(31(2,27)28)20-6-4-5-19(15-20)22-21(26)18-9-7-17(8-10-18)16-24-11-13-25(14-12-24)32(3,29)30/h4-10,15H,11-14,16H2,1-3H3,(H,22,26). The van der Waals surface area contributed by atoms with E-state index in [1.54, 1.807) is 36.4 Å². The fourth-order valence-corrected chi connectivity index (χ4v) is 4.74. The molecule has 0 saturated carbocycles. The molecule has 1 saturated heterocycles. The molecule has 0 bridgehead atoms. The Balaban J connectivity index is 1.59. The summed E-state index contributed by atoms with van der Waals surface area (Å²) in [5, 5.41) is 2.79. The molecule has 1 amide bonds. The highest BCUT2D eigenvalue weighted by Gasteiger charge is 2.23. The second-order valence-electron chi connectivity index (χ2n) is 7.87. The van der Waals surface area contributed by atoms with Crippen LogP contribution in [0.25, 0.3) is 0 Å². The summed E-state index contributed by atoms with van der Waals surface area (Å²) in [6.07, 6.45) is 2.35. The molecule has 11 heteroatoms. The third kappa shape index (κ3) is 6.28. The maximum atomic E-state index is 12.6. The van der Waals surface area contributed by atoms with E-state index in [9.17, 15) is 21.6 Å². The maximum Gasteiger partial charge on any atom is 0.255 e. The molecule has 2 aromatic carbocycles. The lowest BCUT2D eigenvalue weighted by Crippen LogP contribution is -2.47. The third-order valence-corrected chi connectivity index (χ3v) is 7.90. The van der Waals surface area contributed by atoms with Gasteiger partial charge in [0.05, 0.1) is 18.2 Å². The quantitative estimate of drug-likeness (QED) is 0.642. The van der Waals surface area contributed by atoms with Gasteiger partial charge in [0.1, 0.15) is 0 Å². The Morgan fingerprint density at radius 3 is 2.16 bits per heavy atom. The van der Waals surface area contributed by atoms with Gasteiger partial charge in [-0.05, 0) is 35.9 Å². The smallest absolute Gasteiger partial charge is 0.255 e. The summed E-state index contributed by atoms with van der Waals surface area (Å²) in [5.74, 6) is -0.294. The van der Waals surface area contributed by atoms with Crippen molar-refractivity contribution in [2.75, 3.05) is 55.4 Å². The monoisotopic (exact) mass is 480 g/mol. The molecule has 174 valence electrons. The summed E-state index contributed by atoms with van der Waals surface area (Å²) in [6, 6.07) is 13.9. The second kappa shape index (κ2) is 9.57. The fraction of sp³-hybridized carbons (Fsp3) is 0.381. The molecule has 3 rings (SSSR count). The SMILES string of the molecule is CN(c1cccc(NC(=O)c2ccc(CN3CCN(S(C)(=O)=O)CC3)cc2)c1)S(C)(=O)=O. The van der Waals surface area contributed by atoms with E-state index in [1.807, 2.05) is 12.1 Å². The first-order valence-corrected chi connectivity index (χ1v) is 13.7. The van der Waals surface area contributed by atoms with Crippen molar-refractivity contribution < 1.29 is 21.6 Å². The van der Waals surface area contributed by atoms with E-state index in [-0.39, 0.29) is 5.91 Å². The van der Waals surface area contributed by atoms with Crippen LogP contribution in [0.5, 0.6) is 0 Å². The van der Waals surface area contributed by atoms with Crippen molar-refractivity contribution in [1.82, 2.24) is 9.21 Å². The third-order valence-electron chi connectivity index (χ3n) is 5.39. The molecule has 0 unspecified atom stereocenters. The van der Waals surface area contributed by atoms with Gasteiger partial charge in [-0.2, -0.15) is 4.31 Å². The highest BCUT2D eigenvalue weighted by atomic mass is 32.2. The molecule has 2 aromatic rings. The van der Waals surface area contributed by atoms with Gasteiger partial charge in [-0.3, -0.25) is 14.0 Å². The number of benzene rings is 2. The van der Waals surface area contributed by atoms with E-state index in [0.717, 1.165) is 16.1 Å². The molecule has 0 radical (unpaired) electrons. The van der Waals surface area contributed by atoms with Crippen LogP contribution >= 0.6 is 0 Å². The highest BCUT2D eigenvalue weighted by molar-refractivity contribution is 7.92. The Morgan fingerprint density at radius 1 is 0.969 bits per heavy atom. The Kier molecular flexibility index (Phi) is 7.23. The van der Waals surface area contributed by atoms with E-state index in [4.69, 9.17) is 0 Å². The average molecular weight is 481 g/mol. The van der Waals surface area contributed by atoms with Crippen LogP contribution in [0.2, 0.25) is 0 Å². The summed E-state index contributed by atoms with van der Waals surface area (Å²) in [7, 11) is -5.09. The van der Waals surface area contributed by atoms with Gasteiger partial charge in [-0.15, -0.1) is 0 Å². The predicted octanol–water partition coefficient (Wildman–Crippen LogP) is 1.41. The van der Waals surface area contributed by atoms with Gasteiger partial charge in [0.25, 0.3) is 5.91 Å². The van der Waals surface area contributed by atoms with Crippen LogP contribution in [-0.4, -0.2) is 77.7 Å². The normalized spacial score (nSPS) is 16.0. The number of rotatable bonds is 7. The van der Waals surface area contributed by atoms with Crippen LogP contribution in [0.1, 0.15) is 15.9 Å². The summed E-state index contributed by atoms with van der Waals surface area (Å²) in [5.41, 5.74) is 2.47. The van der Waals surface area contributed by atoms with Crippen LogP contribution in [0.3, 0.4) is 0 Å². The molecule has 1 heterocycles. The van der Waals surface area contributed by atoms with Crippen molar-refractivity contribution in [3.05, 3.63) is 59.7 Å². The average Bonchev–Trinajstić information content (AvgIpc) is 2.73. The molecule has 0 atom stereocenters. The lowest BCUT2D eigenvalue weighted by Gasteiger charge is -2.33. The van der Waals surface area contributed by atoms with Crippen LogP contribution in [0.4, 0.5) is 11.4 Å². The van der Waals surface area contributed by atoms with Gasteiger partial charge in [-0.25, -0.2) is 16.8 Å². The molecular weight excluding hydrogens is 452 g/mol. The van der Waals surface area contributed by atoms with Crippen molar-refractivity contribution in [2.24, 2.45) is 0 Å². The Labute approximate surface area is 189 Å². The minimum Gasteiger partial charge on any atom is -0.322 e. The highest BCUT2D eigenvalue weighted by Crippen LogP contribution is 2.21. The van der Waals surface area contributed by atoms with Gasteiger partial charge >= 0.3 is 0 Å². The van der Waals surface area contributed by atoms with Gasteiger partial charge in [0.2, 0.25) is 20.0 Å². The summed E-state index contributed by atoms with van der Waals surface area (Å²) < 4.78 is 49.3. The van der Waals surface area contributed by atoms with E-state index >= 15 is 0 Å². The zero-order chi connectivity index (χ0) is 23.5. The first-order chi connectivity index (χ1) is 14.9. The van der Waals surface area contributed by atoms with Crippen LogP contribution in [0, 0.1) is 0 Å². The van der Waals surface area contributed by atoms with Gasteiger partial charge in [-0.1, -0.05) is 18.2 Å². The Bertz CT molecular complexity index is 1170. The van der Waals surface area contributed by atoms with Gasteiger partial charge in [0.15, 0.2) is 0 Å². The van der Waals surface area contributed by atoms with Crippen molar-refractivity contribution >= 4 is 37.3 Å². The molecule has 1 fully saturated rings. The molecule has 1 aliphatic rings. The number of carbonyl (C=O) groups excluding carboxylic acids is 1. The first kappa shape index (κ1) is 24.2. The summed E-state index contributed by atoms with van der Waals surface area (Å²) in [6.45, 7) is 2.96. The number of nitrogens with one attached hydrogen (secondary N) is 1. The van der Waals surface area contributed by atoms with E-state index < -0.39 is 20.0 Å². The van der Waals surface area contributed by atoms with E-state index in [2.05, 4.69) is 10.2 Å². The summed E-state index contributed by atoms with van der Waals surface area (Å²) in [4.78, 5) is 14.8. The van der Waals surface area contributed by atoms with Crippen LogP contribution in [0.15, 0.2) is 48.5 Å². The van der Waals surface area contributed by atoms with Gasteiger partial charge < -0.3 is 5.32 Å². The molecule has 0 spiro atoms. The fourth-order valence-electron chi connectivity index (χ4n) is 3.41. The van der Waals surface area contributed by atoms with Crippen LogP contribution in [-0.2, 0) is 26.6 Å². The van der Waals surface area contributed by atoms with Gasteiger partial charge in [0, 0.05) is 51.0 Å². The zero-order valence-corrected chi connectivity index (χ0v) is 20.0. The second-order valence-corrected chi connectivity index (χ2v) is 11.9. The number of nitrogens with zero attached hydrogens (tertiary/aromatic N) is 3. The lowest BCUT2D eigenvalue weighted by molar-refractivity contribution is 0.102. The van der Waals surface area contributed by atoms with Crippen LogP contribution < -0.4 is 9.62 Å². The molecule has 1 aliphatic heterocycles. The first-order valence-electron chi connectivity index (χ1n) is 10.1. The lowest BCUT2D eigenvalue weighted by atomic mass is 10.1. The molecule has 9 nitrogen and oxygen atoms in total. The molecule has 0 aliphatic carbocycles. The summed E-state index contributed by atoms with van der Waals surface area (Å²) >= 11 is 0. The molecule has 0 aromatic heterocycles. The van der Waals surface area contributed by atoms with Crippen molar-refractivity contribution in [1.29, 1.82) is 0 Å². The largest absolute Gasteiger partial charge is 0.322 e. The van der Waals surface area contributed by atoms with Crippen molar-refractivity contribution in [3.8, 4) is 0 Å². The number of hydrogen-bond donors (Lipinski definition) is 1. The van der Waals surface area contributed by atoms with Crippen molar-refractivity contribution in [2.45, 2.75) is 6.54 Å². The zero-order valence-electron chi connectivity index (χ0n) is 18.4. The Morgan fingerprint density at radius 2 is 1.59 bits per heavy atom. The minimum absolute atomic E-state index is 0.294. The number of anilines is 2. The number of hydrogen-bond acceptors (Lipinski definition) is 6. The van der Waals surface area contributed by atoms with E-state index in [0.29, 0.717) is 49.7 Å². The predicted molar refractivity (Wildman–Crippen MR) is 126 cm³/mol. The number of amides is 1. The molecule has 1 N–H and O–H groups in total. The molecule has 32 heavy (non-hydrogen) atoms. The number of carbonyl (C=O) groups is 1. The topological polar surface area (TPSA) is 107 Å². The van der Waals surface area contributed by atoms with E-state index in [1.165, 1.54) is 17.6 Å². The minimum atomic E-state index is -3.40. The Hall–Kier alpha value is -2.47. The maximum absolute atomic E-state index is 12.6. The molecular formula is C21H28N4O5S2. The number of sulfonamides is 2. The van der Waals surface area contributed by atoms with Crippen molar-refractivity contribution in [3.63, 3.8) is 0 Å². The number of piperazine rings is 1.